The van der Waals surface area contributed by atoms with Crippen LogP contribution in [0.5, 0.6) is 0 Å². The van der Waals surface area contributed by atoms with E-state index in [0.29, 0.717) is 5.69 Å². The topological polar surface area (TPSA) is 55.1 Å². The van der Waals surface area contributed by atoms with Crippen molar-refractivity contribution in [1.29, 1.82) is 0 Å². The number of anilines is 1. The Morgan fingerprint density at radius 3 is 2.80 bits per heavy atom. The summed E-state index contributed by atoms with van der Waals surface area (Å²) in [5.41, 5.74) is 6.08. The fourth-order valence-electron chi connectivity index (χ4n) is 1.69. The van der Waals surface area contributed by atoms with Crippen LogP contribution in [0.25, 0.3) is 0 Å². The highest BCUT2D eigenvalue weighted by atomic mass is 19.1. The maximum atomic E-state index is 12.8. The molecule has 1 aliphatic carbocycles. The normalized spacial score (nSPS) is 24.4. The number of halogens is 1. The van der Waals surface area contributed by atoms with E-state index in [4.69, 9.17) is 5.73 Å². The van der Waals surface area contributed by atoms with E-state index in [1.54, 1.807) is 12.1 Å². The molecule has 0 spiro atoms. The highest BCUT2D eigenvalue weighted by Gasteiger charge is 2.31. The zero-order valence-corrected chi connectivity index (χ0v) is 8.24. The summed E-state index contributed by atoms with van der Waals surface area (Å²) in [5, 5.41) is 2.67. The first kappa shape index (κ1) is 10.1. The number of hydrogen-bond acceptors (Lipinski definition) is 2. The van der Waals surface area contributed by atoms with Gasteiger partial charge in [-0.05, 0) is 31.0 Å². The van der Waals surface area contributed by atoms with Crippen LogP contribution in [-0.4, -0.2) is 11.9 Å². The molecule has 2 rings (SSSR count). The van der Waals surface area contributed by atoms with Crippen LogP contribution in [-0.2, 0) is 4.79 Å². The van der Waals surface area contributed by atoms with Crippen LogP contribution in [0.3, 0.4) is 0 Å². The minimum absolute atomic E-state index is 0.0109. The molecule has 15 heavy (non-hydrogen) atoms. The number of benzene rings is 1. The molecule has 0 radical (unpaired) electrons. The summed E-state index contributed by atoms with van der Waals surface area (Å²) < 4.78 is 12.8. The Kier molecular flexibility index (Phi) is 2.68. The number of hydrogen-bond donors (Lipinski definition) is 2. The van der Waals surface area contributed by atoms with Crippen molar-refractivity contribution < 1.29 is 9.18 Å². The zero-order valence-electron chi connectivity index (χ0n) is 8.24. The van der Waals surface area contributed by atoms with Gasteiger partial charge in [-0.25, -0.2) is 4.39 Å². The first-order valence-corrected chi connectivity index (χ1v) is 4.97. The Bertz CT molecular complexity index is 375. The van der Waals surface area contributed by atoms with Crippen LogP contribution < -0.4 is 11.1 Å². The minimum Gasteiger partial charge on any atom is -0.328 e. The second kappa shape index (κ2) is 3.98. The molecular formula is C11H13FN2O. The quantitative estimate of drug-likeness (QED) is 0.773. The van der Waals surface area contributed by atoms with Crippen LogP contribution in [0.1, 0.15) is 12.8 Å². The second-order valence-corrected chi connectivity index (χ2v) is 3.93. The number of carbonyl (C=O) groups is 1. The van der Waals surface area contributed by atoms with Gasteiger partial charge in [0.1, 0.15) is 5.82 Å². The van der Waals surface area contributed by atoms with Gasteiger partial charge >= 0.3 is 0 Å². The summed E-state index contributed by atoms with van der Waals surface area (Å²) in [4.78, 5) is 11.6. The molecule has 3 N–H and O–H groups in total. The third-order valence-electron chi connectivity index (χ3n) is 2.64. The second-order valence-electron chi connectivity index (χ2n) is 3.93. The lowest BCUT2D eigenvalue weighted by Gasteiger charge is -2.31. The molecule has 0 atom stereocenters. The lowest BCUT2D eigenvalue weighted by molar-refractivity contribution is -0.122. The van der Waals surface area contributed by atoms with Gasteiger partial charge in [-0.2, -0.15) is 0 Å². The molecule has 0 bridgehead atoms. The van der Waals surface area contributed by atoms with Crippen molar-refractivity contribution >= 4 is 11.6 Å². The van der Waals surface area contributed by atoms with Gasteiger partial charge in [-0.3, -0.25) is 4.79 Å². The zero-order chi connectivity index (χ0) is 10.8. The molecule has 0 saturated heterocycles. The molecule has 1 saturated carbocycles. The van der Waals surface area contributed by atoms with Crippen molar-refractivity contribution in [2.45, 2.75) is 18.9 Å². The van der Waals surface area contributed by atoms with E-state index < -0.39 is 0 Å². The average Bonchev–Trinajstić information content (AvgIpc) is 2.13. The summed E-state index contributed by atoms with van der Waals surface area (Å²) in [6, 6.07) is 6.02. The number of nitrogens with two attached hydrogens (primary N) is 1. The molecule has 1 aromatic rings. The molecular weight excluding hydrogens is 195 g/mol. The molecule has 1 aromatic carbocycles. The van der Waals surface area contributed by atoms with Crippen LogP contribution >= 0.6 is 0 Å². The van der Waals surface area contributed by atoms with Crippen molar-refractivity contribution in [3.63, 3.8) is 0 Å². The smallest absolute Gasteiger partial charge is 0.227 e. The molecule has 1 fully saturated rings. The summed E-state index contributed by atoms with van der Waals surface area (Å²) in [5.74, 6) is -0.427. The third-order valence-corrected chi connectivity index (χ3v) is 2.64. The van der Waals surface area contributed by atoms with Crippen molar-refractivity contribution in [1.82, 2.24) is 0 Å². The van der Waals surface area contributed by atoms with Gasteiger partial charge in [-0.15, -0.1) is 0 Å². The predicted octanol–water partition coefficient (Wildman–Crippen LogP) is 1.50. The fourth-order valence-corrected chi connectivity index (χ4v) is 1.69. The predicted molar refractivity (Wildman–Crippen MR) is 55.7 cm³/mol. The van der Waals surface area contributed by atoms with E-state index in [2.05, 4.69) is 5.32 Å². The maximum absolute atomic E-state index is 12.8. The average molecular weight is 208 g/mol. The molecule has 4 heteroatoms. The lowest BCUT2D eigenvalue weighted by atomic mass is 9.80. The monoisotopic (exact) mass is 208 g/mol. The lowest BCUT2D eigenvalue weighted by Crippen LogP contribution is -2.42. The third kappa shape index (κ3) is 2.33. The minimum atomic E-state index is -0.349. The van der Waals surface area contributed by atoms with Gasteiger partial charge in [-0.1, -0.05) is 6.07 Å². The van der Waals surface area contributed by atoms with E-state index in [0.717, 1.165) is 12.8 Å². The SMILES string of the molecule is NC1CC(C(=O)Nc2cccc(F)c2)C1. The Labute approximate surface area is 87.5 Å². The van der Waals surface area contributed by atoms with Crippen molar-refractivity contribution in [3.05, 3.63) is 30.1 Å². The van der Waals surface area contributed by atoms with Gasteiger partial charge in [0.15, 0.2) is 0 Å². The van der Waals surface area contributed by atoms with Gasteiger partial charge in [0.2, 0.25) is 5.91 Å². The van der Waals surface area contributed by atoms with Crippen LogP contribution in [0.2, 0.25) is 0 Å². The number of carbonyl (C=O) groups excluding carboxylic acids is 1. The first-order chi connectivity index (χ1) is 7.15. The summed E-state index contributed by atoms with van der Waals surface area (Å²) >= 11 is 0. The largest absolute Gasteiger partial charge is 0.328 e. The molecule has 0 aliphatic heterocycles. The summed E-state index contributed by atoms with van der Waals surface area (Å²) in [7, 11) is 0. The Morgan fingerprint density at radius 1 is 1.47 bits per heavy atom. The Hall–Kier alpha value is -1.42. The summed E-state index contributed by atoms with van der Waals surface area (Å²) in [6.45, 7) is 0. The number of nitrogens with one attached hydrogen (secondary N) is 1. The number of amides is 1. The molecule has 1 amide bonds. The van der Waals surface area contributed by atoms with Crippen molar-refractivity contribution in [2.75, 3.05) is 5.32 Å². The molecule has 3 nitrogen and oxygen atoms in total. The van der Waals surface area contributed by atoms with Crippen molar-refractivity contribution in [2.24, 2.45) is 11.7 Å². The standard InChI is InChI=1S/C11H13FN2O/c12-8-2-1-3-10(6-8)14-11(15)7-4-9(13)5-7/h1-3,6-7,9H,4-5,13H2,(H,14,15). The Balaban J connectivity index is 1.94. The van der Waals surface area contributed by atoms with Crippen molar-refractivity contribution in [3.8, 4) is 0 Å². The van der Waals surface area contributed by atoms with E-state index in [-0.39, 0.29) is 23.7 Å². The Morgan fingerprint density at radius 2 is 2.20 bits per heavy atom. The molecule has 0 heterocycles. The fraction of sp³-hybridized carbons (Fsp3) is 0.364. The highest BCUT2D eigenvalue weighted by Crippen LogP contribution is 2.26. The van der Waals surface area contributed by atoms with Crippen LogP contribution in [0.4, 0.5) is 10.1 Å². The van der Waals surface area contributed by atoms with E-state index in [1.165, 1.54) is 12.1 Å². The summed E-state index contributed by atoms with van der Waals surface area (Å²) in [6.07, 6.45) is 1.45. The highest BCUT2D eigenvalue weighted by molar-refractivity contribution is 5.93. The van der Waals surface area contributed by atoms with E-state index >= 15 is 0 Å². The molecule has 1 aliphatic rings. The van der Waals surface area contributed by atoms with Gasteiger partial charge in [0.05, 0.1) is 0 Å². The molecule has 80 valence electrons. The van der Waals surface area contributed by atoms with Crippen LogP contribution in [0.15, 0.2) is 24.3 Å². The maximum Gasteiger partial charge on any atom is 0.227 e. The van der Waals surface area contributed by atoms with E-state index in [1.807, 2.05) is 0 Å². The van der Waals surface area contributed by atoms with Crippen LogP contribution in [0, 0.1) is 11.7 Å². The molecule has 0 aromatic heterocycles. The first-order valence-electron chi connectivity index (χ1n) is 4.97. The van der Waals surface area contributed by atoms with E-state index in [9.17, 15) is 9.18 Å². The number of rotatable bonds is 2. The van der Waals surface area contributed by atoms with Gasteiger partial charge in [0, 0.05) is 17.6 Å². The van der Waals surface area contributed by atoms with Gasteiger partial charge < -0.3 is 11.1 Å². The van der Waals surface area contributed by atoms with Gasteiger partial charge in [0.25, 0.3) is 0 Å². The molecule has 0 unspecified atom stereocenters.